The van der Waals surface area contributed by atoms with Crippen molar-refractivity contribution in [2.45, 2.75) is 6.54 Å². The summed E-state index contributed by atoms with van der Waals surface area (Å²) in [6.45, 7) is 0.733. The second-order valence-electron chi connectivity index (χ2n) is 4.08. The minimum atomic E-state index is 0.733. The van der Waals surface area contributed by atoms with Crippen LogP contribution >= 0.6 is 15.9 Å². The molecule has 0 radical (unpaired) electrons. The molecule has 4 heteroatoms. The van der Waals surface area contributed by atoms with E-state index in [2.05, 4.69) is 27.3 Å². The molecule has 2 rings (SSSR count). The molecule has 2 aromatic rings. The largest absolute Gasteiger partial charge is 0.497 e. The van der Waals surface area contributed by atoms with E-state index in [9.17, 15) is 0 Å². The predicted octanol–water partition coefficient (Wildman–Crippen LogP) is 4.08. The standard InChI is InChI=1S/C15H16BrNO2/c1-18-14-5-3-4-11(6-14)10-17-13-7-12(16)8-15(9-13)19-2/h3-9,17H,10H2,1-2H3. The average Bonchev–Trinajstić information content (AvgIpc) is 2.44. The van der Waals surface area contributed by atoms with Crippen molar-refractivity contribution in [2.75, 3.05) is 19.5 Å². The van der Waals surface area contributed by atoms with Gasteiger partial charge in [-0.3, -0.25) is 0 Å². The second kappa shape index (κ2) is 6.48. The Morgan fingerprint density at radius 3 is 2.53 bits per heavy atom. The fraction of sp³-hybridized carbons (Fsp3) is 0.200. The van der Waals surface area contributed by atoms with Gasteiger partial charge in [0.2, 0.25) is 0 Å². The van der Waals surface area contributed by atoms with Gasteiger partial charge in [-0.25, -0.2) is 0 Å². The van der Waals surface area contributed by atoms with E-state index in [4.69, 9.17) is 9.47 Å². The molecular formula is C15H16BrNO2. The van der Waals surface area contributed by atoms with Gasteiger partial charge in [-0.05, 0) is 29.8 Å². The highest BCUT2D eigenvalue weighted by molar-refractivity contribution is 9.10. The fourth-order valence-corrected chi connectivity index (χ4v) is 2.24. The highest BCUT2D eigenvalue weighted by Crippen LogP contribution is 2.25. The number of methoxy groups -OCH3 is 2. The summed E-state index contributed by atoms with van der Waals surface area (Å²) in [7, 11) is 3.33. The molecule has 3 nitrogen and oxygen atoms in total. The number of benzene rings is 2. The molecule has 0 spiro atoms. The summed E-state index contributed by atoms with van der Waals surface area (Å²) in [5, 5.41) is 3.36. The molecule has 0 aliphatic heterocycles. The van der Waals surface area contributed by atoms with Crippen molar-refractivity contribution in [3.63, 3.8) is 0 Å². The summed E-state index contributed by atoms with van der Waals surface area (Å²) >= 11 is 3.46. The van der Waals surface area contributed by atoms with Crippen molar-refractivity contribution < 1.29 is 9.47 Å². The van der Waals surface area contributed by atoms with Crippen molar-refractivity contribution in [1.82, 2.24) is 0 Å². The van der Waals surface area contributed by atoms with Crippen LogP contribution in [0.1, 0.15) is 5.56 Å². The zero-order valence-corrected chi connectivity index (χ0v) is 12.5. The first-order valence-corrected chi connectivity index (χ1v) is 6.72. The van der Waals surface area contributed by atoms with Crippen LogP contribution in [0.5, 0.6) is 11.5 Å². The van der Waals surface area contributed by atoms with Gasteiger partial charge in [-0.2, -0.15) is 0 Å². The number of hydrogen-bond acceptors (Lipinski definition) is 3. The maximum absolute atomic E-state index is 5.23. The summed E-state index contributed by atoms with van der Waals surface area (Å²) < 4.78 is 11.4. The normalized spacial score (nSPS) is 10.1. The zero-order valence-electron chi connectivity index (χ0n) is 10.9. The summed E-state index contributed by atoms with van der Waals surface area (Å²) in [5.74, 6) is 1.69. The molecule has 0 saturated carbocycles. The Morgan fingerprint density at radius 2 is 1.79 bits per heavy atom. The van der Waals surface area contributed by atoms with Gasteiger partial charge in [0.25, 0.3) is 0 Å². The van der Waals surface area contributed by atoms with Crippen LogP contribution in [0, 0.1) is 0 Å². The first-order chi connectivity index (χ1) is 9.21. The Kier molecular flexibility index (Phi) is 4.68. The van der Waals surface area contributed by atoms with Crippen molar-refractivity contribution in [3.05, 3.63) is 52.5 Å². The van der Waals surface area contributed by atoms with Gasteiger partial charge in [-0.15, -0.1) is 0 Å². The smallest absolute Gasteiger partial charge is 0.122 e. The molecule has 0 bridgehead atoms. The van der Waals surface area contributed by atoms with Crippen LogP contribution in [-0.2, 0) is 6.54 Å². The van der Waals surface area contributed by atoms with Crippen LogP contribution in [0.2, 0.25) is 0 Å². The lowest BCUT2D eigenvalue weighted by atomic mass is 10.2. The highest BCUT2D eigenvalue weighted by Gasteiger charge is 2.00. The molecule has 0 heterocycles. The van der Waals surface area contributed by atoms with E-state index in [1.165, 1.54) is 5.56 Å². The second-order valence-corrected chi connectivity index (χ2v) is 5.00. The number of anilines is 1. The summed E-state index contributed by atoms with van der Waals surface area (Å²) in [4.78, 5) is 0. The summed E-state index contributed by atoms with van der Waals surface area (Å²) in [6.07, 6.45) is 0. The maximum Gasteiger partial charge on any atom is 0.122 e. The molecule has 1 N–H and O–H groups in total. The van der Waals surface area contributed by atoms with Crippen LogP contribution in [0.3, 0.4) is 0 Å². The maximum atomic E-state index is 5.23. The van der Waals surface area contributed by atoms with E-state index < -0.39 is 0 Å². The van der Waals surface area contributed by atoms with Gasteiger partial charge >= 0.3 is 0 Å². The lowest BCUT2D eigenvalue weighted by molar-refractivity contribution is 0.414. The minimum Gasteiger partial charge on any atom is -0.497 e. The van der Waals surface area contributed by atoms with Gasteiger partial charge in [0.1, 0.15) is 11.5 Å². The molecule has 0 aromatic heterocycles. The molecule has 0 fully saturated rings. The van der Waals surface area contributed by atoms with Crippen LogP contribution in [0.25, 0.3) is 0 Å². The lowest BCUT2D eigenvalue weighted by Crippen LogP contribution is -2.00. The molecule has 0 amide bonds. The first-order valence-electron chi connectivity index (χ1n) is 5.92. The molecule has 0 unspecified atom stereocenters. The fourth-order valence-electron chi connectivity index (χ4n) is 1.77. The van der Waals surface area contributed by atoms with Crippen LogP contribution in [-0.4, -0.2) is 14.2 Å². The Bertz CT molecular complexity index is 558. The van der Waals surface area contributed by atoms with Crippen molar-refractivity contribution in [2.24, 2.45) is 0 Å². The molecule has 0 aliphatic carbocycles. The van der Waals surface area contributed by atoms with Gasteiger partial charge in [0.05, 0.1) is 14.2 Å². The minimum absolute atomic E-state index is 0.733. The number of nitrogens with one attached hydrogen (secondary N) is 1. The van der Waals surface area contributed by atoms with Crippen LogP contribution < -0.4 is 14.8 Å². The van der Waals surface area contributed by atoms with E-state index in [1.54, 1.807) is 14.2 Å². The topological polar surface area (TPSA) is 30.5 Å². The average molecular weight is 322 g/mol. The predicted molar refractivity (Wildman–Crippen MR) is 81.0 cm³/mol. The van der Waals surface area contributed by atoms with Crippen LogP contribution in [0.15, 0.2) is 46.9 Å². The number of halogens is 1. The van der Waals surface area contributed by atoms with E-state index in [0.29, 0.717) is 0 Å². The van der Waals surface area contributed by atoms with Gasteiger partial charge in [-0.1, -0.05) is 28.1 Å². The molecule has 100 valence electrons. The van der Waals surface area contributed by atoms with Crippen molar-refractivity contribution in [3.8, 4) is 11.5 Å². The Labute approximate surface area is 121 Å². The Hall–Kier alpha value is -1.68. The Balaban J connectivity index is 2.07. The number of ether oxygens (including phenoxy) is 2. The number of hydrogen-bond donors (Lipinski definition) is 1. The van der Waals surface area contributed by atoms with E-state index in [1.807, 2.05) is 36.4 Å². The molecule has 0 atom stereocenters. The SMILES string of the molecule is COc1cccc(CNc2cc(Br)cc(OC)c2)c1. The third-order valence-corrected chi connectivity index (χ3v) is 3.20. The Morgan fingerprint density at radius 1 is 1.00 bits per heavy atom. The van der Waals surface area contributed by atoms with Crippen molar-refractivity contribution >= 4 is 21.6 Å². The highest BCUT2D eigenvalue weighted by atomic mass is 79.9. The van der Waals surface area contributed by atoms with Gasteiger partial charge in [0, 0.05) is 22.8 Å². The molecular weight excluding hydrogens is 306 g/mol. The third-order valence-electron chi connectivity index (χ3n) is 2.74. The van der Waals surface area contributed by atoms with Gasteiger partial charge < -0.3 is 14.8 Å². The monoisotopic (exact) mass is 321 g/mol. The first kappa shape index (κ1) is 13.7. The van der Waals surface area contributed by atoms with Crippen molar-refractivity contribution in [1.29, 1.82) is 0 Å². The third kappa shape index (κ3) is 3.89. The number of rotatable bonds is 5. The quantitative estimate of drug-likeness (QED) is 0.900. The van der Waals surface area contributed by atoms with E-state index in [0.717, 1.165) is 28.2 Å². The van der Waals surface area contributed by atoms with E-state index in [-0.39, 0.29) is 0 Å². The van der Waals surface area contributed by atoms with Crippen LogP contribution in [0.4, 0.5) is 5.69 Å². The van der Waals surface area contributed by atoms with E-state index >= 15 is 0 Å². The summed E-state index contributed by atoms with van der Waals surface area (Å²) in [6, 6.07) is 13.9. The zero-order chi connectivity index (χ0) is 13.7. The lowest BCUT2D eigenvalue weighted by Gasteiger charge is -2.10. The molecule has 2 aromatic carbocycles. The van der Waals surface area contributed by atoms with Gasteiger partial charge in [0.15, 0.2) is 0 Å². The molecule has 19 heavy (non-hydrogen) atoms. The molecule has 0 aliphatic rings. The molecule has 0 saturated heterocycles. The summed E-state index contributed by atoms with van der Waals surface area (Å²) in [5.41, 5.74) is 2.17.